The molecular weight excluding hydrogens is 274 g/mol. The molecule has 2 rings (SSSR count). The Morgan fingerprint density at radius 1 is 1.00 bits per heavy atom. The van der Waals surface area contributed by atoms with Gasteiger partial charge in [-0.25, -0.2) is 14.4 Å². The van der Waals surface area contributed by atoms with Crippen molar-refractivity contribution >= 4 is 0 Å². The van der Waals surface area contributed by atoms with Crippen LogP contribution in [0.2, 0.25) is 0 Å². The van der Waals surface area contributed by atoms with E-state index in [1.54, 1.807) is 0 Å². The fourth-order valence-electron chi connectivity index (χ4n) is 1.63. The van der Waals surface area contributed by atoms with Gasteiger partial charge in [-0.2, -0.15) is 18.4 Å². The summed E-state index contributed by atoms with van der Waals surface area (Å²) in [4.78, 5) is 6.40. The third-order valence-electron chi connectivity index (χ3n) is 2.59. The molecule has 0 saturated heterocycles. The highest BCUT2D eigenvalue weighted by molar-refractivity contribution is 5.35. The molecule has 0 fully saturated rings. The Balaban J connectivity index is 2.34. The first-order chi connectivity index (χ1) is 9.41. The Hall–Kier alpha value is -2.49. The molecule has 0 aliphatic carbocycles. The van der Waals surface area contributed by atoms with Crippen LogP contribution >= 0.6 is 0 Å². The normalized spacial score (nSPS) is 12.8. The van der Waals surface area contributed by atoms with Crippen LogP contribution in [0.1, 0.15) is 22.9 Å². The minimum atomic E-state index is -4.63. The quantitative estimate of drug-likeness (QED) is 0.794. The van der Waals surface area contributed by atoms with Crippen molar-refractivity contribution in [1.82, 2.24) is 9.97 Å². The molecule has 3 nitrogen and oxygen atoms in total. The summed E-state index contributed by atoms with van der Waals surface area (Å²) in [5.74, 6) is -2.58. The van der Waals surface area contributed by atoms with E-state index in [9.17, 15) is 17.6 Å². The Morgan fingerprint density at radius 3 is 2.00 bits per heavy atom. The summed E-state index contributed by atoms with van der Waals surface area (Å²) in [6.07, 6.45) is -2.73. The van der Waals surface area contributed by atoms with E-state index in [1.807, 2.05) is 6.07 Å². The van der Waals surface area contributed by atoms with Crippen LogP contribution in [0.15, 0.2) is 36.7 Å². The van der Waals surface area contributed by atoms with Crippen LogP contribution in [0, 0.1) is 17.1 Å². The minimum Gasteiger partial charge on any atom is -0.233 e. The molecule has 7 heteroatoms. The molecule has 1 aromatic heterocycles. The monoisotopic (exact) mass is 281 g/mol. The molecule has 1 heterocycles. The number of hydrogen-bond acceptors (Lipinski definition) is 3. The zero-order valence-electron chi connectivity index (χ0n) is 9.89. The maximum atomic E-state index is 12.8. The Kier molecular flexibility index (Phi) is 3.66. The van der Waals surface area contributed by atoms with Crippen molar-refractivity contribution in [2.24, 2.45) is 0 Å². The fraction of sp³-hybridized carbons (Fsp3) is 0.154. The van der Waals surface area contributed by atoms with Crippen LogP contribution in [-0.4, -0.2) is 9.97 Å². The van der Waals surface area contributed by atoms with Gasteiger partial charge in [-0.3, -0.25) is 0 Å². The summed E-state index contributed by atoms with van der Waals surface area (Å²) in [5, 5.41) is 9.11. The molecule has 0 bridgehead atoms. The second-order valence-electron chi connectivity index (χ2n) is 3.95. The number of rotatable bonds is 2. The van der Waals surface area contributed by atoms with E-state index < -0.39 is 23.7 Å². The molecular formula is C13H7F4N3. The first kappa shape index (κ1) is 13.9. The fourth-order valence-corrected chi connectivity index (χ4v) is 1.63. The predicted octanol–water partition coefficient (Wildman–Crippen LogP) is 3.29. The van der Waals surface area contributed by atoms with Gasteiger partial charge in [0.05, 0.1) is 12.0 Å². The van der Waals surface area contributed by atoms with Gasteiger partial charge in [0.2, 0.25) is 5.82 Å². The van der Waals surface area contributed by atoms with Gasteiger partial charge in [-0.05, 0) is 17.7 Å². The number of halogens is 4. The zero-order valence-corrected chi connectivity index (χ0v) is 9.89. The molecule has 0 spiro atoms. The summed E-state index contributed by atoms with van der Waals surface area (Å²) >= 11 is 0. The van der Waals surface area contributed by atoms with Gasteiger partial charge in [-0.15, -0.1) is 0 Å². The van der Waals surface area contributed by atoms with Crippen LogP contribution in [0.3, 0.4) is 0 Å². The van der Waals surface area contributed by atoms with E-state index in [2.05, 4.69) is 9.97 Å². The number of benzene rings is 1. The molecule has 0 N–H and O–H groups in total. The Bertz CT molecular complexity index is 627. The average molecular weight is 281 g/mol. The largest absolute Gasteiger partial charge is 0.451 e. The summed E-state index contributed by atoms with van der Waals surface area (Å²) in [7, 11) is 0. The second-order valence-corrected chi connectivity index (χ2v) is 3.95. The van der Waals surface area contributed by atoms with Crippen LogP contribution in [0.4, 0.5) is 17.6 Å². The van der Waals surface area contributed by atoms with Crippen molar-refractivity contribution < 1.29 is 17.6 Å². The molecule has 2 aromatic rings. The highest BCUT2D eigenvalue weighted by Gasteiger charge is 2.34. The average Bonchev–Trinajstić information content (AvgIpc) is 2.41. The lowest BCUT2D eigenvalue weighted by molar-refractivity contribution is -0.145. The second kappa shape index (κ2) is 5.25. The lowest BCUT2D eigenvalue weighted by Crippen LogP contribution is -2.11. The number of hydrogen-bond donors (Lipinski definition) is 0. The number of aromatic nitrogens is 2. The van der Waals surface area contributed by atoms with Crippen molar-refractivity contribution in [2.75, 3.05) is 0 Å². The molecule has 0 saturated carbocycles. The number of nitriles is 1. The van der Waals surface area contributed by atoms with Crippen molar-refractivity contribution in [1.29, 1.82) is 5.26 Å². The maximum Gasteiger partial charge on any atom is 0.451 e. The topological polar surface area (TPSA) is 49.6 Å². The smallest absolute Gasteiger partial charge is 0.233 e. The van der Waals surface area contributed by atoms with E-state index in [0.717, 1.165) is 12.4 Å². The highest BCUT2D eigenvalue weighted by atomic mass is 19.4. The van der Waals surface area contributed by atoms with Gasteiger partial charge >= 0.3 is 6.18 Å². The minimum absolute atomic E-state index is 0.215. The molecule has 0 radical (unpaired) electrons. The summed E-state index contributed by atoms with van der Waals surface area (Å²) < 4.78 is 49.8. The third-order valence-corrected chi connectivity index (χ3v) is 2.59. The molecule has 0 aliphatic rings. The first-order valence-corrected chi connectivity index (χ1v) is 5.46. The Labute approximate surface area is 111 Å². The van der Waals surface area contributed by atoms with Crippen LogP contribution < -0.4 is 0 Å². The molecule has 1 atom stereocenters. The van der Waals surface area contributed by atoms with Gasteiger partial charge in [0.25, 0.3) is 0 Å². The predicted molar refractivity (Wildman–Crippen MR) is 60.9 cm³/mol. The van der Waals surface area contributed by atoms with Gasteiger partial charge in [0, 0.05) is 18.0 Å². The van der Waals surface area contributed by atoms with Gasteiger partial charge in [-0.1, -0.05) is 12.1 Å². The lowest BCUT2D eigenvalue weighted by atomic mass is 9.95. The van der Waals surface area contributed by atoms with E-state index in [4.69, 9.17) is 5.26 Å². The van der Waals surface area contributed by atoms with E-state index in [1.165, 1.54) is 24.3 Å². The Morgan fingerprint density at radius 2 is 1.55 bits per heavy atom. The van der Waals surface area contributed by atoms with Gasteiger partial charge in [0.1, 0.15) is 5.82 Å². The standard InChI is InChI=1S/C13H7F4N3/c14-10-3-1-8(2-4-10)11(5-18)9-6-19-12(20-7-9)13(15,16)17/h1-4,6-7,11H/t11-/m0/s1. The third kappa shape index (κ3) is 2.91. The van der Waals surface area contributed by atoms with Crippen LogP contribution in [0.5, 0.6) is 0 Å². The molecule has 0 amide bonds. The van der Waals surface area contributed by atoms with E-state index >= 15 is 0 Å². The molecule has 102 valence electrons. The lowest BCUT2D eigenvalue weighted by Gasteiger charge is -2.10. The summed E-state index contributed by atoms with van der Waals surface area (Å²) in [6.45, 7) is 0. The van der Waals surface area contributed by atoms with Crippen molar-refractivity contribution in [3.63, 3.8) is 0 Å². The van der Waals surface area contributed by atoms with Gasteiger partial charge < -0.3 is 0 Å². The van der Waals surface area contributed by atoms with Crippen LogP contribution in [-0.2, 0) is 6.18 Å². The van der Waals surface area contributed by atoms with Crippen molar-refractivity contribution in [3.8, 4) is 6.07 Å². The maximum absolute atomic E-state index is 12.8. The van der Waals surface area contributed by atoms with Gasteiger partial charge in [0.15, 0.2) is 0 Å². The molecule has 1 aromatic carbocycles. The van der Waals surface area contributed by atoms with Crippen molar-refractivity contribution in [3.05, 3.63) is 59.4 Å². The summed E-state index contributed by atoms with van der Waals surface area (Å²) in [5.41, 5.74) is 0.671. The zero-order chi connectivity index (χ0) is 14.8. The number of alkyl halides is 3. The van der Waals surface area contributed by atoms with Crippen LogP contribution in [0.25, 0.3) is 0 Å². The van der Waals surface area contributed by atoms with Crippen molar-refractivity contribution in [2.45, 2.75) is 12.1 Å². The summed E-state index contributed by atoms with van der Waals surface area (Å²) in [6, 6.07) is 7.05. The number of nitrogens with zero attached hydrogens (tertiary/aromatic N) is 3. The molecule has 0 unspecified atom stereocenters. The highest BCUT2D eigenvalue weighted by Crippen LogP contribution is 2.28. The SMILES string of the molecule is N#C[C@@H](c1ccc(F)cc1)c1cnc(C(F)(F)F)nc1. The molecule has 0 aliphatic heterocycles. The molecule has 20 heavy (non-hydrogen) atoms. The first-order valence-electron chi connectivity index (χ1n) is 5.46. The van der Waals surface area contributed by atoms with E-state index in [-0.39, 0.29) is 5.56 Å². The van der Waals surface area contributed by atoms with E-state index in [0.29, 0.717) is 5.56 Å².